The minimum Gasteiger partial charge on any atom is -0.478 e. The minimum atomic E-state index is -0.934. The van der Waals surface area contributed by atoms with Crippen LogP contribution in [0.25, 0.3) is 22.2 Å². The summed E-state index contributed by atoms with van der Waals surface area (Å²) in [6.45, 7) is 0. The van der Waals surface area contributed by atoms with E-state index in [1.807, 2.05) is 48.5 Å². The molecule has 0 bridgehead atoms. The predicted molar refractivity (Wildman–Crippen MR) is 86.9 cm³/mol. The van der Waals surface area contributed by atoms with Gasteiger partial charge >= 0.3 is 5.97 Å². The Labute approximate surface area is 129 Å². The van der Waals surface area contributed by atoms with E-state index in [1.165, 1.54) is 0 Å². The van der Waals surface area contributed by atoms with Crippen molar-refractivity contribution in [3.05, 3.63) is 63.7 Å². The van der Waals surface area contributed by atoms with Crippen LogP contribution in [0.5, 0.6) is 0 Å². The summed E-state index contributed by atoms with van der Waals surface area (Å²) in [5.41, 5.74) is 2.57. The molecule has 3 rings (SSSR count). The van der Waals surface area contributed by atoms with Gasteiger partial charge in [-0.2, -0.15) is 0 Å². The molecule has 3 nitrogen and oxygen atoms in total. The highest BCUT2D eigenvalue weighted by molar-refractivity contribution is 14.1. The average molecular weight is 375 g/mol. The molecule has 2 aromatic carbocycles. The molecule has 0 aliphatic carbocycles. The Hall–Kier alpha value is -1.95. The molecule has 0 amide bonds. The van der Waals surface area contributed by atoms with E-state index in [2.05, 4.69) is 27.6 Å². The zero-order chi connectivity index (χ0) is 14.1. The fourth-order valence-corrected chi connectivity index (χ4v) is 2.62. The van der Waals surface area contributed by atoms with Crippen molar-refractivity contribution in [2.45, 2.75) is 0 Å². The zero-order valence-corrected chi connectivity index (χ0v) is 12.5. The Bertz CT molecular complexity index is 800. The highest BCUT2D eigenvalue weighted by atomic mass is 127. The number of nitrogens with zero attached hydrogens (tertiary/aromatic N) is 1. The van der Waals surface area contributed by atoms with E-state index < -0.39 is 5.97 Å². The SMILES string of the molecule is O=C(O)c1cc(-c2ccccc2)nc2ccc(I)cc12. The van der Waals surface area contributed by atoms with Gasteiger partial charge in [0, 0.05) is 14.5 Å². The van der Waals surface area contributed by atoms with E-state index in [4.69, 9.17) is 0 Å². The highest BCUT2D eigenvalue weighted by Crippen LogP contribution is 2.26. The van der Waals surface area contributed by atoms with Gasteiger partial charge in [0.15, 0.2) is 0 Å². The summed E-state index contributed by atoms with van der Waals surface area (Å²) in [6, 6.07) is 16.9. The van der Waals surface area contributed by atoms with Gasteiger partial charge in [-0.25, -0.2) is 9.78 Å². The van der Waals surface area contributed by atoms with E-state index in [-0.39, 0.29) is 5.56 Å². The Morgan fingerprint density at radius 2 is 1.80 bits per heavy atom. The van der Waals surface area contributed by atoms with Gasteiger partial charge in [0.25, 0.3) is 0 Å². The predicted octanol–water partition coefficient (Wildman–Crippen LogP) is 4.20. The first kappa shape index (κ1) is 13.1. The number of hydrogen-bond donors (Lipinski definition) is 1. The van der Waals surface area contributed by atoms with Gasteiger partial charge in [0.2, 0.25) is 0 Å². The number of aromatic carboxylic acids is 1. The third-order valence-electron chi connectivity index (χ3n) is 3.07. The summed E-state index contributed by atoms with van der Waals surface area (Å²) < 4.78 is 0.992. The van der Waals surface area contributed by atoms with Crippen LogP contribution < -0.4 is 0 Å². The zero-order valence-electron chi connectivity index (χ0n) is 10.4. The summed E-state index contributed by atoms with van der Waals surface area (Å²) >= 11 is 2.17. The molecule has 1 aromatic heterocycles. The van der Waals surface area contributed by atoms with Crippen molar-refractivity contribution in [1.29, 1.82) is 0 Å². The van der Waals surface area contributed by atoms with Crippen molar-refractivity contribution < 1.29 is 9.90 Å². The van der Waals surface area contributed by atoms with Crippen LogP contribution in [0.15, 0.2) is 54.6 Å². The fourth-order valence-electron chi connectivity index (χ4n) is 2.13. The van der Waals surface area contributed by atoms with Crippen LogP contribution in [0.3, 0.4) is 0 Å². The molecule has 3 aromatic rings. The molecular formula is C16H10INO2. The number of carboxylic acids is 1. The molecule has 0 radical (unpaired) electrons. The van der Waals surface area contributed by atoms with E-state index in [9.17, 15) is 9.90 Å². The number of rotatable bonds is 2. The van der Waals surface area contributed by atoms with Crippen molar-refractivity contribution in [1.82, 2.24) is 4.98 Å². The Morgan fingerprint density at radius 1 is 1.05 bits per heavy atom. The number of halogens is 1. The quantitative estimate of drug-likeness (QED) is 0.683. The molecule has 98 valence electrons. The second-order valence-corrected chi connectivity index (χ2v) is 5.63. The smallest absolute Gasteiger partial charge is 0.336 e. The van der Waals surface area contributed by atoms with Gasteiger partial charge in [-0.15, -0.1) is 0 Å². The van der Waals surface area contributed by atoms with E-state index >= 15 is 0 Å². The van der Waals surface area contributed by atoms with Crippen LogP contribution in [-0.2, 0) is 0 Å². The van der Waals surface area contributed by atoms with Crippen LogP contribution >= 0.6 is 22.6 Å². The van der Waals surface area contributed by atoms with Gasteiger partial charge in [-0.3, -0.25) is 0 Å². The molecular weight excluding hydrogens is 365 g/mol. The van der Waals surface area contributed by atoms with E-state index in [0.717, 1.165) is 9.13 Å². The van der Waals surface area contributed by atoms with Crippen LogP contribution in [0, 0.1) is 3.57 Å². The van der Waals surface area contributed by atoms with Crippen molar-refractivity contribution >= 4 is 39.5 Å². The third kappa shape index (κ3) is 2.38. The van der Waals surface area contributed by atoms with Crippen LogP contribution in [0.4, 0.5) is 0 Å². The summed E-state index contributed by atoms with van der Waals surface area (Å²) in [7, 11) is 0. The molecule has 0 atom stereocenters. The number of carbonyl (C=O) groups is 1. The molecule has 0 unspecified atom stereocenters. The van der Waals surface area contributed by atoms with Gasteiger partial charge in [0.1, 0.15) is 0 Å². The summed E-state index contributed by atoms with van der Waals surface area (Å²) in [6.07, 6.45) is 0. The molecule has 1 N–H and O–H groups in total. The molecule has 1 heterocycles. The van der Waals surface area contributed by atoms with Crippen LogP contribution in [0.2, 0.25) is 0 Å². The average Bonchev–Trinajstić information content (AvgIpc) is 2.47. The minimum absolute atomic E-state index is 0.285. The van der Waals surface area contributed by atoms with Gasteiger partial charge in [-0.1, -0.05) is 30.3 Å². The Balaban J connectivity index is 2.32. The monoisotopic (exact) mass is 375 g/mol. The molecule has 4 heteroatoms. The van der Waals surface area contributed by atoms with Crippen molar-refractivity contribution in [2.75, 3.05) is 0 Å². The molecule has 0 saturated carbocycles. The molecule has 0 saturated heterocycles. The number of pyridine rings is 1. The first-order chi connectivity index (χ1) is 9.65. The van der Waals surface area contributed by atoms with E-state index in [0.29, 0.717) is 16.6 Å². The van der Waals surface area contributed by atoms with Gasteiger partial charge in [0.05, 0.1) is 16.8 Å². The lowest BCUT2D eigenvalue weighted by atomic mass is 10.0. The first-order valence-corrected chi connectivity index (χ1v) is 7.12. The number of benzene rings is 2. The Kier molecular flexibility index (Phi) is 3.40. The summed E-state index contributed by atoms with van der Waals surface area (Å²) in [5, 5.41) is 10.1. The summed E-state index contributed by atoms with van der Waals surface area (Å²) in [4.78, 5) is 16.0. The lowest BCUT2D eigenvalue weighted by molar-refractivity contribution is 0.0699. The normalized spacial score (nSPS) is 10.7. The Morgan fingerprint density at radius 3 is 2.50 bits per heavy atom. The topological polar surface area (TPSA) is 50.2 Å². The third-order valence-corrected chi connectivity index (χ3v) is 3.74. The first-order valence-electron chi connectivity index (χ1n) is 6.04. The largest absolute Gasteiger partial charge is 0.478 e. The van der Waals surface area contributed by atoms with Crippen LogP contribution in [0.1, 0.15) is 10.4 Å². The maximum Gasteiger partial charge on any atom is 0.336 e. The molecule has 0 spiro atoms. The second kappa shape index (κ2) is 5.20. The molecule has 0 fully saturated rings. The number of aromatic nitrogens is 1. The fraction of sp³-hybridized carbons (Fsp3) is 0. The van der Waals surface area contributed by atoms with E-state index in [1.54, 1.807) is 6.07 Å². The standard InChI is InChI=1S/C16H10INO2/c17-11-6-7-14-12(8-11)13(16(19)20)9-15(18-14)10-4-2-1-3-5-10/h1-9H,(H,19,20). The maximum atomic E-state index is 11.5. The van der Waals surface area contributed by atoms with Gasteiger partial charge < -0.3 is 5.11 Å². The maximum absolute atomic E-state index is 11.5. The van der Waals surface area contributed by atoms with Crippen molar-refractivity contribution in [2.24, 2.45) is 0 Å². The number of fused-ring (bicyclic) bond motifs is 1. The lowest BCUT2D eigenvalue weighted by Gasteiger charge is -2.07. The lowest BCUT2D eigenvalue weighted by Crippen LogP contribution is -2.00. The van der Waals surface area contributed by atoms with Crippen molar-refractivity contribution in [3.63, 3.8) is 0 Å². The van der Waals surface area contributed by atoms with Crippen molar-refractivity contribution in [3.8, 4) is 11.3 Å². The van der Waals surface area contributed by atoms with Crippen LogP contribution in [-0.4, -0.2) is 16.1 Å². The number of carboxylic acid groups (broad SMARTS) is 1. The van der Waals surface area contributed by atoms with Gasteiger partial charge in [-0.05, 0) is 46.9 Å². The molecule has 0 aliphatic rings. The number of hydrogen-bond acceptors (Lipinski definition) is 2. The second-order valence-electron chi connectivity index (χ2n) is 4.39. The molecule has 20 heavy (non-hydrogen) atoms. The highest BCUT2D eigenvalue weighted by Gasteiger charge is 2.13. The summed E-state index contributed by atoms with van der Waals surface area (Å²) in [5.74, 6) is -0.934. The molecule has 0 aliphatic heterocycles.